The first-order valence-corrected chi connectivity index (χ1v) is 9.23. The quantitative estimate of drug-likeness (QED) is 0.739. The van der Waals surface area contributed by atoms with E-state index in [0.29, 0.717) is 11.3 Å². The van der Waals surface area contributed by atoms with Crippen molar-refractivity contribution in [2.45, 2.75) is 45.9 Å². The Morgan fingerprint density at radius 3 is 2.54 bits per heavy atom. The average Bonchev–Trinajstić information content (AvgIpc) is 3.01. The summed E-state index contributed by atoms with van der Waals surface area (Å²) >= 11 is 1.12. The van der Waals surface area contributed by atoms with E-state index >= 15 is 0 Å². The second-order valence-corrected chi connectivity index (χ2v) is 7.63. The Morgan fingerprint density at radius 2 is 1.89 bits per heavy atom. The third-order valence-electron chi connectivity index (χ3n) is 3.24. The number of halogens is 2. The van der Waals surface area contributed by atoms with Crippen molar-refractivity contribution in [3.8, 4) is 17.0 Å². The summed E-state index contributed by atoms with van der Waals surface area (Å²) in [6, 6.07) is 5.37. The summed E-state index contributed by atoms with van der Waals surface area (Å²) < 4.78 is 34.7. The second-order valence-electron chi connectivity index (χ2n) is 6.77. The molecule has 0 radical (unpaired) electrons. The van der Waals surface area contributed by atoms with Crippen molar-refractivity contribution < 1.29 is 27.8 Å². The van der Waals surface area contributed by atoms with Crippen molar-refractivity contribution >= 4 is 28.5 Å². The van der Waals surface area contributed by atoms with Crippen LogP contribution in [0.25, 0.3) is 11.3 Å². The van der Waals surface area contributed by atoms with Crippen LogP contribution in [0.2, 0.25) is 0 Å². The summed E-state index contributed by atoms with van der Waals surface area (Å²) in [5, 5.41) is 6.86. The van der Waals surface area contributed by atoms with E-state index in [1.165, 1.54) is 13.0 Å². The lowest BCUT2D eigenvalue weighted by atomic mass is 10.1. The summed E-state index contributed by atoms with van der Waals surface area (Å²) in [6.07, 6.45) is -0.715. The maximum atomic E-state index is 12.5. The normalized spacial score (nSPS) is 12.4. The fourth-order valence-corrected chi connectivity index (χ4v) is 2.81. The first kappa shape index (κ1) is 21.5. The van der Waals surface area contributed by atoms with Crippen LogP contribution < -0.4 is 15.4 Å². The Bertz CT molecular complexity index is 836. The molecule has 10 heteroatoms. The van der Waals surface area contributed by atoms with Gasteiger partial charge in [0.15, 0.2) is 5.13 Å². The summed E-state index contributed by atoms with van der Waals surface area (Å²) in [5.41, 5.74) is 0.0711. The molecule has 0 aliphatic carbocycles. The van der Waals surface area contributed by atoms with Gasteiger partial charge in [0.25, 0.3) is 0 Å². The SMILES string of the molecule is CC(NC(=O)OC(C)(C)C)C(=O)Nc1nc(-c2ccccc2OC(F)F)cs1. The van der Waals surface area contributed by atoms with Gasteiger partial charge < -0.3 is 20.1 Å². The van der Waals surface area contributed by atoms with Crippen molar-refractivity contribution in [3.05, 3.63) is 29.6 Å². The number of benzene rings is 1. The molecule has 0 aliphatic rings. The number of aromatic nitrogens is 1. The number of amides is 2. The van der Waals surface area contributed by atoms with Gasteiger partial charge in [-0.15, -0.1) is 11.3 Å². The number of nitrogens with zero attached hydrogens (tertiary/aromatic N) is 1. The summed E-state index contributed by atoms with van der Waals surface area (Å²) in [4.78, 5) is 28.2. The van der Waals surface area contributed by atoms with Gasteiger partial charge in [0.2, 0.25) is 5.91 Å². The van der Waals surface area contributed by atoms with Crippen molar-refractivity contribution in [1.29, 1.82) is 0 Å². The predicted octanol–water partition coefficient (Wildman–Crippen LogP) is 4.26. The number of nitrogens with one attached hydrogen (secondary N) is 2. The maximum absolute atomic E-state index is 12.5. The molecule has 7 nitrogen and oxygen atoms in total. The monoisotopic (exact) mass is 413 g/mol. The molecule has 0 saturated carbocycles. The molecule has 1 unspecified atom stereocenters. The smallest absolute Gasteiger partial charge is 0.408 e. The second kappa shape index (κ2) is 8.96. The van der Waals surface area contributed by atoms with Crippen molar-refractivity contribution in [2.75, 3.05) is 5.32 Å². The summed E-state index contributed by atoms with van der Waals surface area (Å²) in [5.74, 6) is -0.510. The summed E-state index contributed by atoms with van der Waals surface area (Å²) in [7, 11) is 0. The number of anilines is 1. The fraction of sp³-hybridized carbons (Fsp3) is 0.389. The molecular weight excluding hydrogens is 392 g/mol. The minimum Gasteiger partial charge on any atom is -0.444 e. The van der Waals surface area contributed by atoms with Gasteiger partial charge in [-0.25, -0.2) is 9.78 Å². The molecule has 1 heterocycles. The van der Waals surface area contributed by atoms with Crippen LogP contribution >= 0.6 is 11.3 Å². The molecular formula is C18H21F2N3O4S. The Hall–Kier alpha value is -2.75. The van der Waals surface area contributed by atoms with Crippen LogP contribution in [0.1, 0.15) is 27.7 Å². The number of carbonyl (C=O) groups excluding carboxylic acids is 2. The highest BCUT2D eigenvalue weighted by Crippen LogP contribution is 2.33. The van der Waals surface area contributed by atoms with Gasteiger partial charge >= 0.3 is 12.7 Å². The van der Waals surface area contributed by atoms with E-state index in [2.05, 4.69) is 20.4 Å². The number of para-hydroxylation sites is 1. The van der Waals surface area contributed by atoms with E-state index in [4.69, 9.17) is 4.74 Å². The molecule has 0 fully saturated rings. The molecule has 0 aliphatic heterocycles. The molecule has 2 amide bonds. The number of alkyl carbamates (subject to hydrolysis) is 1. The molecule has 1 atom stereocenters. The van der Waals surface area contributed by atoms with Gasteiger partial charge in [0, 0.05) is 10.9 Å². The molecule has 2 aromatic rings. The van der Waals surface area contributed by atoms with Gasteiger partial charge in [-0.2, -0.15) is 8.78 Å². The lowest BCUT2D eigenvalue weighted by Gasteiger charge is -2.21. The highest BCUT2D eigenvalue weighted by molar-refractivity contribution is 7.14. The highest BCUT2D eigenvalue weighted by atomic mass is 32.1. The third-order valence-corrected chi connectivity index (χ3v) is 4.00. The van der Waals surface area contributed by atoms with E-state index in [0.717, 1.165) is 11.3 Å². The third kappa shape index (κ3) is 6.45. The lowest BCUT2D eigenvalue weighted by Crippen LogP contribution is -2.43. The average molecular weight is 413 g/mol. The molecule has 1 aromatic carbocycles. The zero-order valence-electron chi connectivity index (χ0n) is 15.8. The van der Waals surface area contributed by atoms with Gasteiger partial charge in [0.05, 0.1) is 5.69 Å². The Balaban J connectivity index is 2.03. The van der Waals surface area contributed by atoms with Crippen molar-refractivity contribution in [3.63, 3.8) is 0 Å². The highest BCUT2D eigenvalue weighted by Gasteiger charge is 2.22. The van der Waals surface area contributed by atoms with Gasteiger partial charge in [-0.05, 0) is 39.8 Å². The molecule has 0 spiro atoms. The zero-order valence-corrected chi connectivity index (χ0v) is 16.6. The number of thiazole rings is 1. The molecule has 2 rings (SSSR count). The predicted molar refractivity (Wildman–Crippen MR) is 102 cm³/mol. The number of rotatable bonds is 6. The fourth-order valence-electron chi connectivity index (χ4n) is 2.10. The van der Waals surface area contributed by atoms with Crippen LogP contribution in [0.3, 0.4) is 0 Å². The number of alkyl halides is 2. The van der Waals surface area contributed by atoms with E-state index in [-0.39, 0.29) is 10.9 Å². The summed E-state index contributed by atoms with van der Waals surface area (Å²) in [6.45, 7) is 3.68. The zero-order chi connectivity index (χ0) is 20.9. The number of carbonyl (C=O) groups is 2. The van der Waals surface area contributed by atoms with Crippen molar-refractivity contribution in [2.24, 2.45) is 0 Å². The molecule has 2 N–H and O–H groups in total. The van der Waals surface area contributed by atoms with Gasteiger partial charge in [-0.1, -0.05) is 12.1 Å². The van der Waals surface area contributed by atoms with Crippen LogP contribution in [0.15, 0.2) is 29.6 Å². The molecule has 152 valence electrons. The van der Waals surface area contributed by atoms with Crippen LogP contribution in [-0.4, -0.2) is 35.2 Å². The molecule has 28 heavy (non-hydrogen) atoms. The topological polar surface area (TPSA) is 89.5 Å². The van der Waals surface area contributed by atoms with Crippen LogP contribution in [0.4, 0.5) is 18.7 Å². The van der Waals surface area contributed by atoms with Crippen LogP contribution in [0.5, 0.6) is 5.75 Å². The van der Waals surface area contributed by atoms with Gasteiger partial charge in [0.1, 0.15) is 17.4 Å². The number of ether oxygens (including phenoxy) is 2. The minimum atomic E-state index is -2.96. The van der Waals surface area contributed by atoms with Crippen LogP contribution in [0, 0.1) is 0 Å². The first-order valence-electron chi connectivity index (χ1n) is 8.35. The van der Waals surface area contributed by atoms with Crippen LogP contribution in [-0.2, 0) is 9.53 Å². The minimum absolute atomic E-state index is 0.0133. The Labute approximate surface area is 165 Å². The van der Waals surface area contributed by atoms with E-state index in [1.54, 1.807) is 44.4 Å². The molecule has 1 aromatic heterocycles. The number of hydrogen-bond acceptors (Lipinski definition) is 6. The number of hydrogen-bond donors (Lipinski definition) is 2. The van der Waals surface area contributed by atoms with Gasteiger partial charge in [-0.3, -0.25) is 4.79 Å². The maximum Gasteiger partial charge on any atom is 0.408 e. The first-order chi connectivity index (χ1) is 13.0. The standard InChI is InChI=1S/C18H21F2N3O4S/c1-10(21-17(25)27-18(2,3)4)14(24)23-16-22-12(9-28-16)11-7-5-6-8-13(11)26-15(19)20/h5-10,15H,1-4H3,(H,21,25)(H,22,23,24). The van der Waals surface area contributed by atoms with Crippen molar-refractivity contribution in [1.82, 2.24) is 10.3 Å². The molecule has 0 bridgehead atoms. The van der Waals surface area contributed by atoms with E-state index < -0.39 is 30.3 Å². The lowest BCUT2D eigenvalue weighted by molar-refractivity contribution is -0.117. The Morgan fingerprint density at radius 1 is 1.21 bits per heavy atom. The van der Waals surface area contributed by atoms with E-state index in [1.807, 2.05) is 0 Å². The van der Waals surface area contributed by atoms with E-state index in [9.17, 15) is 18.4 Å². The molecule has 0 saturated heterocycles. The largest absolute Gasteiger partial charge is 0.444 e. The Kier molecular flexibility index (Phi) is 6.90.